The van der Waals surface area contributed by atoms with E-state index >= 15 is 0 Å². The van der Waals surface area contributed by atoms with Crippen LogP contribution in [0.4, 0.5) is 0 Å². The van der Waals surface area contributed by atoms with Crippen LogP contribution in [0.3, 0.4) is 0 Å². The molecule has 0 aliphatic heterocycles. The highest BCUT2D eigenvalue weighted by molar-refractivity contribution is 5.30. The van der Waals surface area contributed by atoms with E-state index in [1.165, 1.54) is 12.0 Å². The van der Waals surface area contributed by atoms with E-state index in [1.807, 2.05) is 19.2 Å². The Bertz CT molecular complexity index is 273. The second-order valence-electron chi connectivity index (χ2n) is 3.41. The molecule has 1 rings (SSSR count). The van der Waals surface area contributed by atoms with Gasteiger partial charge < -0.3 is 10.1 Å². The molecule has 0 radical (unpaired) electrons. The lowest BCUT2D eigenvalue weighted by Gasteiger charge is -2.16. The van der Waals surface area contributed by atoms with Crippen molar-refractivity contribution in [1.82, 2.24) is 5.32 Å². The number of hydrogen-bond donors (Lipinski definition) is 1. The molecule has 2 nitrogen and oxygen atoms in total. The zero-order valence-electron chi connectivity index (χ0n) is 9.21. The van der Waals surface area contributed by atoms with Gasteiger partial charge >= 0.3 is 0 Å². The maximum atomic E-state index is 5.20. The molecular formula is C12H19NO. The summed E-state index contributed by atoms with van der Waals surface area (Å²) in [7, 11) is 3.70. The van der Waals surface area contributed by atoms with Gasteiger partial charge in [-0.3, -0.25) is 0 Å². The zero-order valence-corrected chi connectivity index (χ0v) is 9.21. The van der Waals surface area contributed by atoms with Gasteiger partial charge in [-0.25, -0.2) is 0 Å². The summed E-state index contributed by atoms with van der Waals surface area (Å²) in [5.41, 5.74) is 1.30. The molecule has 1 N–H and O–H groups in total. The van der Waals surface area contributed by atoms with Crippen molar-refractivity contribution in [3.05, 3.63) is 29.8 Å². The summed E-state index contributed by atoms with van der Waals surface area (Å²) in [6.45, 7) is 2.20. The maximum absolute atomic E-state index is 5.20. The fourth-order valence-corrected chi connectivity index (χ4v) is 1.62. The van der Waals surface area contributed by atoms with Gasteiger partial charge in [0.2, 0.25) is 0 Å². The highest BCUT2D eigenvalue weighted by Crippen LogP contribution is 2.21. The minimum atomic E-state index is 0.440. The normalized spacial score (nSPS) is 12.5. The van der Waals surface area contributed by atoms with Gasteiger partial charge in [0.25, 0.3) is 0 Å². The van der Waals surface area contributed by atoms with E-state index < -0.39 is 0 Å². The third-order valence-corrected chi connectivity index (χ3v) is 2.42. The predicted molar refractivity (Wildman–Crippen MR) is 59.7 cm³/mol. The Hall–Kier alpha value is -1.02. The first-order chi connectivity index (χ1) is 6.81. The molecule has 0 fully saturated rings. The van der Waals surface area contributed by atoms with Crippen LogP contribution < -0.4 is 10.1 Å². The average Bonchev–Trinajstić information content (AvgIpc) is 2.26. The second kappa shape index (κ2) is 5.66. The Morgan fingerprint density at radius 1 is 1.43 bits per heavy atom. The van der Waals surface area contributed by atoms with Gasteiger partial charge in [0.1, 0.15) is 5.75 Å². The molecule has 0 spiro atoms. The molecule has 0 saturated heterocycles. The number of benzene rings is 1. The summed E-state index contributed by atoms with van der Waals surface area (Å²) in [6, 6.07) is 8.68. The van der Waals surface area contributed by atoms with Crippen molar-refractivity contribution in [3.8, 4) is 5.75 Å². The fourth-order valence-electron chi connectivity index (χ4n) is 1.62. The third kappa shape index (κ3) is 2.74. The van der Waals surface area contributed by atoms with Crippen molar-refractivity contribution in [2.24, 2.45) is 0 Å². The van der Waals surface area contributed by atoms with Crippen LogP contribution in [0.25, 0.3) is 0 Å². The van der Waals surface area contributed by atoms with Crippen molar-refractivity contribution >= 4 is 0 Å². The Balaban J connectivity index is 2.80. The molecule has 2 heteroatoms. The van der Waals surface area contributed by atoms with Crippen molar-refractivity contribution < 1.29 is 4.74 Å². The smallest absolute Gasteiger partial charge is 0.119 e. The molecule has 1 aromatic rings. The first-order valence-electron chi connectivity index (χ1n) is 5.13. The number of ether oxygens (including phenoxy) is 1. The molecule has 0 saturated carbocycles. The highest BCUT2D eigenvalue weighted by Gasteiger charge is 2.07. The lowest BCUT2D eigenvalue weighted by atomic mass is 10.0. The summed E-state index contributed by atoms with van der Waals surface area (Å²) >= 11 is 0. The lowest BCUT2D eigenvalue weighted by molar-refractivity contribution is 0.413. The fraction of sp³-hybridized carbons (Fsp3) is 0.500. The SMILES string of the molecule is CCC[C@@H](NC)c1cccc(OC)c1. The van der Waals surface area contributed by atoms with Gasteiger partial charge in [0.15, 0.2) is 0 Å². The van der Waals surface area contributed by atoms with E-state index in [9.17, 15) is 0 Å². The summed E-state index contributed by atoms with van der Waals surface area (Å²) in [4.78, 5) is 0. The molecule has 0 aliphatic rings. The van der Waals surface area contributed by atoms with Gasteiger partial charge in [0, 0.05) is 6.04 Å². The number of hydrogen-bond acceptors (Lipinski definition) is 2. The van der Waals surface area contributed by atoms with E-state index in [1.54, 1.807) is 7.11 Å². The maximum Gasteiger partial charge on any atom is 0.119 e. The van der Waals surface area contributed by atoms with Crippen LogP contribution in [-0.4, -0.2) is 14.2 Å². The summed E-state index contributed by atoms with van der Waals surface area (Å²) < 4.78 is 5.20. The van der Waals surface area contributed by atoms with E-state index in [-0.39, 0.29) is 0 Å². The standard InChI is InChI=1S/C12H19NO/c1-4-6-12(13-2)10-7-5-8-11(9-10)14-3/h5,7-9,12-13H,4,6H2,1-3H3/t12-/m1/s1. The Morgan fingerprint density at radius 2 is 2.21 bits per heavy atom. The molecule has 1 atom stereocenters. The minimum absolute atomic E-state index is 0.440. The molecule has 0 heterocycles. The predicted octanol–water partition coefficient (Wildman–Crippen LogP) is 2.76. The van der Waals surface area contributed by atoms with Crippen LogP contribution in [-0.2, 0) is 0 Å². The van der Waals surface area contributed by atoms with Crippen molar-refractivity contribution in [2.45, 2.75) is 25.8 Å². The van der Waals surface area contributed by atoms with Crippen LogP contribution in [0.15, 0.2) is 24.3 Å². The molecule has 78 valence electrons. The first-order valence-corrected chi connectivity index (χ1v) is 5.13. The highest BCUT2D eigenvalue weighted by atomic mass is 16.5. The van der Waals surface area contributed by atoms with Crippen LogP contribution in [0.1, 0.15) is 31.4 Å². The topological polar surface area (TPSA) is 21.3 Å². The molecule has 0 amide bonds. The first kappa shape index (κ1) is 11.1. The van der Waals surface area contributed by atoms with Gasteiger partial charge in [-0.1, -0.05) is 25.5 Å². The van der Waals surface area contributed by atoms with E-state index in [0.29, 0.717) is 6.04 Å². The number of methoxy groups -OCH3 is 1. The van der Waals surface area contributed by atoms with Crippen molar-refractivity contribution in [1.29, 1.82) is 0 Å². The Morgan fingerprint density at radius 3 is 2.79 bits per heavy atom. The van der Waals surface area contributed by atoms with Crippen LogP contribution in [0, 0.1) is 0 Å². The minimum Gasteiger partial charge on any atom is -0.497 e. The molecular weight excluding hydrogens is 174 g/mol. The van der Waals surface area contributed by atoms with Crippen molar-refractivity contribution in [2.75, 3.05) is 14.2 Å². The summed E-state index contributed by atoms with van der Waals surface area (Å²) in [5.74, 6) is 0.929. The van der Waals surface area contributed by atoms with E-state index in [0.717, 1.165) is 12.2 Å². The van der Waals surface area contributed by atoms with Crippen molar-refractivity contribution in [3.63, 3.8) is 0 Å². The zero-order chi connectivity index (χ0) is 10.4. The quantitative estimate of drug-likeness (QED) is 0.776. The largest absolute Gasteiger partial charge is 0.497 e. The van der Waals surface area contributed by atoms with Gasteiger partial charge in [-0.05, 0) is 31.2 Å². The number of nitrogens with one attached hydrogen (secondary N) is 1. The summed E-state index contributed by atoms with van der Waals surface area (Å²) in [6.07, 6.45) is 2.34. The van der Waals surface area contributed by atoms with Crippen LogP contribution in [0.5, 0.6) is 5.75 Å². The molecule has 0 unspecified atom stereocenters. The second-order valence-corrected chi connectivity index (χ2v) is 3.41. The molecule has 1 aromatic carbocycles. The molecule has 0 bridgehead atoms. The third-order valence-electron chi connectivity index (χ3n) is 2.42. The Labute approximate surface area is 86.3 Å². The van der Waals surface area contributed by atoms with Crippen LogP contribution in [0.2, 0.25) is 0 Å². The summed E-state index contributed by atoms with van der Waals surface area (Å²) in [5, 5.41) is 3.32. The molecule has 14 heavy (non-hydrogen) atoms. The molecule has 0 aliphatic carbocycles. The molecule has 0 aromatic heterocycles. The average molecular weight is 193 g/mol. The Kier molecular flexibility index (Phi) is 4.47. The van der Waals surface area contributed by atoms with Gasteiger partial charge in [0.05, 0.1) is 7.11 Å². The lowest BCUT2D eigenvalue weighted by Crippen LogP contribution is -2.15. The van der Waals surface area contributed by atoms with E-state index in [2.05, 4.69) is 24.4 Å². The monoisotopic (exact) mass is 193 g/mol. The van der Waals surface area contributed by atoms with Gasteiger partial charge in [-0.15, -0.1) is 0 Å². The van der Waals surface area contributed by atoms with Crippen LogP contribution >= 0.6 is 0 Å². The van der Waals surface area contributed by atoms with Gasteiger partial charge in [-0.2, -0.15) is 0 Å². The van der Waals surface area contributed by atoms with E-state index in [4.69, 9.17) is 4.74 Å². The number of rotatable bonds is 5.